The van der Waals surface area contributed by atoms with Crippen molar-refractivity contribution in [1.82, 2.24) is 4.90 Å². The molecule has 1 heterocycles. The topological polar surface area (TPSA) is 74.3 Å². The van der Waals surface area contributed by atoms with Crippen LogP contribution >= 0.6 is 0 Å². The molecule has 7 nitrogen and oxygen atoms in total. The van der Waals surface area contributed by atoms with Gasteiger partial charge in [0.25, 0.3) is 0 Å². The molecule has 0 bridgehead atoms. The van der Waals surface area contributed by atoms with Crippen LogP contribution in [0.1, 0.15) is 15.9 Å². The van der Waals surface area contributed by atoms with Crippen LogP contribution in [0.3, 0.4) is 0 Å². The van der Waals surface area contributed by atoms with Crippen LogP contribution in [0.2, 0.25) is 0 Å². The zero-order valence-electron chi connectivity index (χ0n) is 16.4. The molecule has 7 heteroatoms. The first kappa shape index (κ1) is 20.4. The van der Waals surface area contributed by atoms with Gasteiger partial charge >= 0.3 is 6.09 Å². The summed E-state index contributed by atoms with van der Waals surface area (Å²) in [6, 6.07) is 12.0. The minimum absolute atomic E-state index is 0.130. The van der Waals surface area contributed by atoms with E-state index >= 15 is 0 Å². The van der Waals surface area contributed by atoms with Crippen LogP contribution < -0.4 is 14.2 Å². The number of amides is 1. The monoisotopic (exact) mass is 397 g/mol. The Morgan fingerprint density at radius 3 is 2.34 bits per heavy atom. The maximum Gasteiger partial charge on any atom is 0.415 e. The summed E-state index contributed by atoms with van der Waals surface area (Å²) < 4.78 is 21.1. The predicted octanol–water partition coefficient (Wildman–Crippen LogP) is 3.43. The van der Waals surface area contributed by atoms with Crippen molar-refractivity contribution in [3.8, 4) is 17.2 Å². The molecule has 1 fully saturated rings. The van der Waals surface area contributed by atoms with E-state index in [9.17, 15) is 9.59 Å². The highest BCUT2D eigenvalue weighted by molar-refractivity contribution is 6.06. The lowest BCUT2D eigenvalue weighted by Gasteiger charge is -2.26. The van der Waals surface area contributed by atoms with Gasteiger partial charge in [0.05, 0.1) is 27.4 Å². The van der Waals surface area contributed by atoms with Gasteiger partial charge in [0.2, 0.25) is 0 Å². The summed E-state index contributed by atoms with van der Waals surface area (Å²) in [5.74, 6) is 1.29. The molecule has 152 valence electrons. The van der Waals surface area contributed by atoms with Gasteiger partial charge in [0.15, 0.2) is 17.3 Å². The van der Waals surface area contributed by atoms with Crippen molar-refractivity contribution in [1.29, 1.82) is 0 Å². The number of benzene rings is 2. The minimum Gasteiger partial charge on any atom is -0.497 e. The molecule has 29 heavy (non-hydrogen) atoms. The Labute approximate surface area is 169 Å². The summed E-state index contributed by atoms with van der Waals surface area (Å²) >= 11 is 0. The van der Waals surface area contributed by atoms with E-state index in [-0.39, 0.29) is 5.78 Å². The molecule has 0 radical (unpaired) electrons. The molecule has 1 aliphatic rings. The summed E-state index contributed by atoms with van der Waals surface area (Å²) in [6.07, 6.45) is 2.73. The highest BCUT2D eigenvalue weighted by atomic mass is 16.6. The third-order valence-corrected chi connectivity index (χ3v) is 4.46. The quantitative estimate of drug-likeness (QED) is 0.549. The van der Waals surface area contributed by atoms with Crippen LogP contribution in [0, 0.1) is 0 Å². The lowest BCUT2D eigenvalue weighted by molar-refractivity contribution is 0.0413. The standard InChI is InChI=1S/C22H23NO6/c1-26-18-7-5-17(6-8-18)19(24)9-3-16-4-10-20(21(15-16)27-2)29-22(25)23-11-13-28-14-12-23/h3-10,15H,11-14H2,1-2H3. The van der Waals surface area contributed by atoms with Gasteiger partial charge in [-0.25, -0.2) is 4.79 Å². The number of hydrogen-bond donors (Lipinski definition) is 0. The Morgan fingerprint density at radius 1 is 0.966 bits per heavy atom. The van der Waals surface area contributed by atoms with E-state index in [4.69, 9.17) is 18.9 Å². The number of methoxy groups -OCH3 is 2. The van der Waals surface area contributed by atoms with E-state index in [2.05, 4.69) is 0 Å². The predicted molar refractivity (Wildman–Crippen MR) is 108 cm³/mol. The van der Waals surface area contributed by atoms with E-state index < -0.39 is 6.09 Å². The highest BCUT2D eigenvalue weighted by Gasteiger charge is 2.20. The normalized spacial score (nSPS) is 13.9. The van der Waals surface area contributed by atoms with Gasteiger partial charge in [-0.2, -0.15) is 0 Å². The largest absolute Gasteiger partial charge is 0.497 e. The second-order valence-electron chi connectivity index (χ2n) is 6.30. The first-order valence-electron chi connectivity index (χ1n) is 9.19. The molecule has 3 rings (SSSR count). The van der Waals surface area contributed by atoms with Crippen LogP contribution in [-0.4, -0.2) is 57.3 Å². The number of hydrogen-bond acceptors (Lipinski definition) is 6. The fraction of sp³-hybridized carbons (Fsp3) is 0.273. The SMILES string of the molecule is COc1ccc(C(=O)C=Cc2ccc(OC(=O)N3CCOCC3)c(OC)c2)cc1. The molecule has 2 aromatic carbocycles. The van der Waals surface area contributed by atoms with Crippen molar-refractivity contribution in [2.75, 3.05) is 40.5 Å². The number of morpholine rings is 1. The molecular formula is C22H23NO6. The fourth-order valence-electron chi connectivity index (χ4n) is 2.80. The molecule has 0 saturated carbocycles. The van der Waals surface area contributed by atoms with Crippen LogP contribution in [-0.2, 0) is 4.74 Å². The molecule has 0 atom stereocenters. The summed E-state index contributed by atoms with van der Waals surface area (Å²) in [5.41, 5.74) is 1.31. The number of ketones is 1. The van der Waals surface area contributed by atoms with Gasteiger partial charge in [0.1, 0.15) is 5.75 Å². The second kappa shape index (κ2) is 9.75. The van der Waals surface area contributed by atoms with Crippen LogP contribution in [0.25, 0.3) is 6.08 Å². The molecule has 0 N–H and O–H groups in total. The number of nitrogens with zero attached hydrogens (tertiary/aromatic N) is 1. The average Bonchev–Trinajstić information content (AvgIpc) is 2.78. The van der Waals surface area contributed by atoms with E-state index in [0.29, 0.717) is 49.1 Å². The summed E-state index contributed by atoms with van der Waals surface area (Å²) in [4.78, 5) is 26.2. The molecule has 2 aromatic rings. The number of ether oxygens (including phenoxy) is 4. The Hall–Kier alpha value is -3.32. The lowest BCUT2D eigenvalue weighted by Crippen LogP contribution is -2.42. The van der Waals surface area contributed by atoms with Gasteiger partial charge in [-0.3, -0.25) is 4.79 Å². The van der Waals surface area contributed by atoms with E-state index in [1.54, 1.807) is 60.6 Å². The minimum atomic E-state index is -0.440. The van der Waals surface area contributed by atoms with Crippen molar-refractivity contribution in [3.05, 3.63) is 59.7 Å². The van der Waals surface area contributed by atoms with Crippen molar-refractivity contribution in [2.45, 2.75) is 0 Å². The summed E-state index contributed by atoms with van der Waals surface area (Å²) in [5, 5.41) is 0. The fourth-order valence-corrected chi connectivity index (χ4v) is 2.80. The van der Waals surface area contributed by atoms with Crippen molar-refractivity contribution in [2.24, 2.45) is 0 Å². The number of allylic oxidation sites excluding steroid dienone is 1. The molecule has 0 aromatic heterocycles. The zero-order chi connectivity index (χ0) is 20.6. The smallest absolute Gasteiger partial charge is 0.415 e. The van der Waals surface area contributed by atoms with E-state index in [1.165, 1.54) is 13.2 Å². The van der Waals surface area contributed by atoms with Crippen molar-refractivity contribution < 1.29 is 28.5 Å². The lowest BCUT2D eigenvalue weighted by atomic mass is 10.1. The van der Waals surface area contributed by atoms with Crippen molar-refractivity contribution >= 4 is 18.0 Å². The molecule has 0 unspecified atom stereocenters. The average molecular weight is 397 g/mol. The van der Waals surface area contributed by atoms with Gasteiger partial charge in [-0.1, -0.05) is 12.1 Å². The molecule has 0 aliphatic carbocycles. The summed E-state index contributed by atoms with van der Waals surface area (Å²) in [6.45, 7) is 1.99. The Balaban J connectivity index is 1.67. The van der Waals surface area contributed by atoms with Crippen LogP contribution in [0.15, 0.2) is 48.5 Å². The van der Waals surface area contributed by atoms with Gasteiger partial charge < -0.3 is 23.8 Å². The number of carbonyl (C=O) groups excluding carboxylic acids is 2. The highest BCUT2D eigenvalue weighted by Crippen LogP contribution is 2.29. The molecule has 1 amide bonds. The van der Waals surface area contributed by atoms with Crippen LogP contribution in [0.4, 0.5) is 4.79 Å². The third kappa shape index (κ3) is 5.36. The number of carbonyl (C=O) groups is 2. The van der Waals surface area contributed by atoms with Gasteiger partial charge in [0, 0.05) is 18.7 Å². The zero-order valence-corrected chi connectivity index (χ0v) is 16.4. The number of rotatable bonds is 6. The molecule has 1 aliphatic heterocycles. The Kier molecular flexibility index (Phi) is 6.86. The summed E-state index contributed by atoms with van der Waals surface area (Å²) in [7, 11) is 3.07. The molecular weight excluding hydrogens is 374 g/mol. The van der Waals surface area contributed by atoms with E-state index in [0.717, 1.165) is 5.56 Å². The first-order valence-corrected chi connectivity index (χ1v) is 9.19. The van der Waals surface area contributed by atoms with Crippen LogP contribution in [0.5, 0.6) is 17.2 Å². The second-order valence-corrected chi connectivity index (χ2v) is 6.30. The van der Waals surface area contributed by atoms with E-state index in [1.807, 2.05) is 0 Å². The van der Waals surface area contributed by atoms with Gasteiger partial charge in [-0.05, 0) is 48.0 Å². The maximum atomic E-state index is 12.3. The Bertz CT molecular complexity index is 885. The van der Waals surface area contributed by atoms with Crippen molar-refractivity contribution in [3.63, 3.8) is 0 Å². The van der Waals surface area contributed by atoms with Gasteiger partial charge in [-0.15, -0.1) is 0 Å². The maximum absolute atomic E-state index is 12.3. The molecule has 1 saturated heterocycles. The Morgan fingerprint density at radius 2 is 1.69 bits per heavy atom. The first-order chi connectivity index (χ1) is 14.1. The molecule has 0 spiro atoms. The third-order valence-electron chi connectivity index (χ3n) is 4.46.